The van der Waals surface area contributed by atoms with Gasteiger partial charge in [-0.2, -0.15) is 0 Å². The van der Waals surface area contributed by atoms with Crippen molar-refractivity contribution in [2.75, 3.05) is 10.0 Å². The largest absolute Gasteiger partial charge is 0.449 e. The van der Waals surface area contributed by atoms with Crippen LogP contribution in [0.15, 0.2) is 71.6 Å². The molecule has 3 aromatic carbocycles. The molecule has 1 unspecified atom stereocenters. The Morgan fingerprint density at radius 3 is 2.17 bits per heavy atom. The van der Waals surface area contributed by atoms with Crippen molar-refractivity contribution in [3.05, 3.63) is 92.5 Å². The number of carbonyl (C=O) groups is 2. The monoisotopic (exact) mass is 537 g/mol. The standard InChI is InChI=1S/C22H17Cl2N3O7S/c1-13(21(28)25-16-7-9-18(10-8-16)27(30)31)34-22(29)14-2-5-17(6-3-14)26-35(32,33)20-12-15(23)4-11-19(20)24/h2-13,26H,1H3,(H,25,28). The van der Waals surface area contributed by atoms with Gasteiger partial charge in [-0.15, -0.1) is 0 Å². The van der Waals surface area contributed by atoms with Crippen molar-refractivity contribution in [3.63, 3.8) is 0 Å². The molecule has 0 spiro atoms. The molecule has 0 fully saturated rings. The van der Waals surface area contributed by atoms with Crippen molar-refractivity contribution in [2.45, 2.75) is 17.9 Å². The maximum Gasteiger partial charge on any atom is 0.338 e. The van der Waals surface area contributed by atoms with Crippen molar-refractivity contribution >= 4 is 62.2 Å². The topological polar surface area (TPSA) is 145 Å². The van der Waals surface area contributed by atoms with Crippen LogP contribution in [0.2, 0.25) is 10.0 Å². The molecule has 0 radical (unpaired) electrons. The number of anilines is 2. The number of halogens is 2. The Balaban J connectivity index is 1.61. The third-order valence-electron chi connectivity index (χ3n) is 4.55. The number of nitro benzene ring substituents is 1. The maximum atomic E-state index is 12.6. The molecule has 0 aromatic heterocycles. The molecule has 0 saturated heterocycles. The quantitative estimate of drug-likeness (QED) is 0.236. The molecular formula is C22H17Cl2N3O7S. The first-order valence-electron chi connectivity index (χ1n) is 9.80. The van der Waals surface area contributed by atoms with E-state index in [0.29, 0.717) is 5.69 Å². The molecule has 35 heavy (non-hydrogen) atoms. The first-order valence-corrected chi connectivity index (χ1v) is 12.0. The number of carbonyl (C=O) groups excluding carboxylic acids is 2. The number of nitro groups is 1. The van der Waals surface area contributed by atoms with Crippen molar-refractivity contribution in [2.24, 2.45) is 0 Å². The number of nitrogens with one attached hydrogen (secondary N) is 2. The zero-order valence-corrected chi connectivity index (χ0v) is 20.2. The molecule has 0 bridgehead atoms. The number of benzene rings is 3. The highest BCUT2D eigenvalue weighted by atomic mass is 35.5. The summed E-state index contributed by atoms with van der Waals surface area (Å²) in [6, 6.07) is 14.5. The van der Waals surface area contributed by atoms with E-state index in [1.54, 1.807) is 0 Å². The van der Waals surface area contributed by atoms with Crippen molar-refractivity contribution < 1.29 is 27.7 Å². The first kappa shape index (κ1) is 25.9. The van der Waals surface area contributed by atoms with E-state index in [9.17, 15) is 28.1 Å². The molecule has 13 heteroatoms. The molecule has 0 heterocycles. The van der Waals surface area contributed by atoms with E-state index in [2.05, 4.69) is 10.0 Å². The summed E-state index contributed by atoms with van der Waals surface area (Å²) in [6.45, 7) is 1.36. The van der Waals surface area contributed by atoms with Crippen LogP contribution in [-0.4, -0.2) is 31.3 Å². The summed E-state index contributed by atoms with van der Waals surface area (Å²) < 4.78 is 32.7. The van der Waals surface area contributed by atoms with Gasteiger partial charge in [-0.1, -0.05) is 23.2 Å². The van der Waals surface area contributed by atoms with Crippen LogP contribution < -0.4 is 10.0 Å². The van der Waals surface area contributed by atoms with Crippen LogP contribution in [0.4, 0.5) is 17.1 Å². The van der Waals surface area contributed by atoms with E-state index in [1.807, 2.05) is 0 Å². The van der Waals surface area contributed by atoms with Gasteiger partial charge >= 0.3 is 5.97 Å². The van der Waals surface area contributed by atoms with Crippen molar-refractivity contribution in [1.29, 1.82) is 0 Å². The number of amides is 1. The zero-order valence-electron chi connectivity index (χ0n) is 17.9. The van der Waals surface area contributed by atoms with Gasteiger partial charge in [0, 0.05) is 28.5 Å². The molecule has 1 atom stereocenters. The van der Waals surface area contributed by atoms with E-state index in [1.165, 1.54) is 73.7 Å². The van der Waals surface area contributed by atoms with Gasteiger partial charge in [0.1, 0.15) is 4.90 Å². The van der Waals surface area contributed by atoms with Gasteiger partial charge in [-0.25, -0.2) is 13.2 Å². The van der Waals surface area contributed by atoms with Crippen molar-refractivity contribution in [1.82, 2.24) is 0 Å². The minimum absolute atomic E-state index is 0.0110. The summed E-state index contributed by atoms with van der Waals surface area (Å²) >= 11 is 11.8. The number of hydrogen-bond donors (Lipinski definition) is 2. The number of ether oxygens (including phenoxy) is 1. The number of esters is 1. The lowest BCUT2D eigenvalue weighted by Crippen LogP contribution is -2.30. The van der Waals surface area contributed by atoms with E-state index in [-0.39, 0.29) is 31.9 Å². The van der Waals surface area contributed by atoms with Crippen LogP contribution in [-0.2, 0) is 19.6 Å². The fourth-order valence-electron chi connectivity index (χ4n) is 2.76. The van der Waals surface area contributed by atoms with Gasteiger partial charge in [0.25, 0.3) is 21.6 Å². The molecule has 0 aliphatic carbocycles. The fourth-order valence-corrected chi connectivity index (χ4v) is 4.58. The highest BCUT2D eigenvalue weighted by molar-refractivity contribution is 7.92. The minimum atomic E-state index is -4.04. The second-order valence-corrected chi connectivity index (χ2v) is 9.59. The van der Waals surface area contributed by atoms with Gasteiger partial charge in [-0.3, -0.25) is 19.6 Å². The zero-order chi connectivity index (χ0) is 25.8. The Hall–Kier alpha value is -3.67. The summed E-state index contributed by atoms with van der Waals surface area (Å²) in [5.41, 5.74) is 0.383. The Morgan fingerprint density at radius 1 is 0.971 bits per heavy atom. The number of rotatable bonds is 8. The predicted octanol–water partition coefficient (Wildman–Crippen LogP) is 4.89. The lowest BCUT2D eigenvalue weighted by molar-refractivity contribution is -0.384. The first-order chi connectivity index (χ1) is 16.5. The SMILES string of the molecule is CC(OC(=O)c1ccc(NS(=O)(=O)c2cc(Cl)ccc2Cl)cc1)C(=O)Nc1ccc([N+](=O)[O-])cc1. The van der Waals surface area contributed by atoms with Crippen LogP contribution in [0.5, 0.6) is 0 Å². The van der Waals surface area contributed by atoms with Gasteiger partial charge < -0.3 is 10.1 Å². The van der Waals surface area contributed by atoms with Crippen LogP contribution in [0.1, 0.15) is 17.3 Å². The number of sulfonamides is 1. The van der Waals surface area contributed by atoms with Crippen molar-refractivity contribution in [3.8, 4) is 0 Å². The van der Waals surface area contributed by atoms with Crippen LogP contribution in [0.25, 0.3) is 0 Å². The summed E-state index contributed by atoms with van der Waals surface area (Å²) in [4.78, 5) is 34.6. The molecular weight excluding hydrogens is 521 g/mol. The predicted molar refractivity (Wildman–Crippen MR) is 130 cm³/mol. The molecule has 3 aromatic rings. The van der Waals surface area contributed by atoms with Crippen LogP contribution >= 0.6 is 23.2 Å². The number of hydrogen-bond acceptors (Lipinski definition) is 7. The fraction of sp³-hybridized carbons (Fsp3) is 0.0909. The van der Waals surface area contributed by atoms with Gasteiger partial charge in [0.2, 0.25) is 0 Å². The lowest BCUT2D eigenvalue weighted by Gasteiger charge is -2.14. The molecule has 3 rings (SSSR count). The second kappa shape index (κ2) is 10.7. The van der Waals surface area contributed by atoms with E-state index in [0.717, 1.165) is 0 Å². The molecule has 0 aliphatic heterocycles. The Bertz CT molecular complexity index is 1380. The normalized spacial score (nSPS) is 11.9. The van der Waals surface area contributed by atoms with E-state index in [4.69, 9.17) is 27.9 Å². The summed E-state index contributed by atoms with van der Waals surface area (Å²) in [7, 11) is -4.04. The highest BCUT2D eigenvalue weighted by Gasteiger charge is 2.21. The minimum Gasteiger partial charge on any atom is -0.449 e. The maximum absolute atomic E-state index is 12.6. The van der Waals surface area contributed by atoms with E-state index < -0.39 is 32.9 Å². The number of nitrogens with zero attached hydrogens (tertiary/aromatic N) is 1. The molecule has 10 nitrogen and oxygen atoms in total. The molecule has 182 valence electrons. The third-order valence-corrected chi connectivity index (χ3v) is 6.65. The summed E-state index contributed by atoms with van der Waals surface area (Å²) in [5.74, 6) is -1.46. The molecule has 0 saturated carbocycles. The Labute approximate surface area is 210 Å². The van der Waals surface area contributed by atoms with Crippen LogP contribution in [0.3, 0.4) is 0 Å². The number of non-ortho nitro benzene ring substituents is 1. The smallest absolute Gasteiger partial charge is 0.338 e. The van der Waals surface area contributed by atoms with Gasteiger partial charge in [-0.05, 0) is 61.5 Å². The molecule has 2 N–H and O–H groups in total. The average Bonchev–Trinajstić information content (AvgIpc) is 2.81. The lowest BCUT2D eigenvalue weighted by atomic mass is 10.2. The third kappa shape index (κ3) is 6.69. The average molecular weight is 538 g/mol. The summed E-state index contributed by atoms with van der Waals surface area (Å²) in [5, 5.41) is 13.4. The Kier molecular flexibility index (Phi) is 7.95. The highest BCUT2D eigenvalue weighted by Crippen LogP contribution is 2.27. The summed E-state index contributed by atoms with van der Waals surface area (Å²) in [6.07, 6.45) is -1.18. The molecule has 0 aliphatic rings. The van der Waals surface area contributed by atoms with Gasteiger partial charge in [0.15, 0.2) is 6.10 Å². The van der Waals surface area contributed by atoms with E-state index >= 15 is 0 Å². The van der Waals surface area contributed by atoms with Gasteiger partial charge in [0.05, 0.1) is 15.5 Å². The van der Waals surface area contributed by atoms with Crippen LogP contribution in [0, 0.1) is 10.1 Å². The Morgan fingerprint density at radius 2 is 1.57 bits per heavy atom. The second-order valence-electron chi connectivity index (χ2n) is 7.10. The molecule has 1 amide bonds.